The maximum Gasteiger partial charge on any atom is 0.526 e. The second-order valence-corrected chi connectivity index (χ2v) is 6.63. The van der Waals surface area contributed by atoms with Crippen LogP contribution >= 0.6 is 0 Å². The molecule has 24 heavy (non-hydrogen) atoms. The Morgan fingerprint density at radius 1 is 1.38 bits per heavy atom. The molecular formula is C15H17F3O5S. The fourth-order valence-corrected chi connectivity index (χ4v) is 2.24. The van der Waals surface area contributed by atoms with Crippen molar-refractivity contribution in [2.75, 3.05) is 0 Å². The van der Waals surface area contributed by atoms with E-state index in [1.165, 1.54) is 25.1 Å². The molecule has 1 aromatic carbocycles. The highest BCUT2D eigenvalue weighted by molar-refractivity contribution is 7.87. The topological polar surface area (TPSA) is 69.7 Å². The van der Waals surface area contributed by atoms with Crippen molar-refractivity contribution in [1.82, 2.24) is 0 Å². The molecule has 0 aliphatic heterocycles. The van der Waals surface area contributed by atoms with Gasteiger partial charge in [0.15, 0.2) is 5.75 Å². The summed E-state index contributed by atoms with van der Waals surface area (Å²) in [5.41, 5.74) is -4.64. The summed E-state index contributed by atoms with van der Waals surface area (Å²) < 4.78 is 62.4. The lowest BCUT2D eigenvalue weighted by atomic mass is 9.89. The molecular weight excluding hydrogens is 349 g/mol. The highest BCUT2D eigenvalue weighted by Gasteiger charge is 2.49. The van der Waals surface area contributed by atoms with Crippen LogP contribution in [0.4, 0.5) is 13.2 Å². The van der Waals surface area contributed by atoms with E-state index >= 15 is 0 Å². The maximum atomic E-state index is 12.3. The normalized spacial score (nSPS) is 13.4. The summed E-state index contributed by atoms with van der Waals surface area (Å²) in [6.07, 6.45) is 2.43. The third-order valence-electron chi connectivity index (χ3n) is 3.19. The lowest BCUT2D eigenvalue weighted by Crippen LogP contribution is -2.27. The predicted molar refractivity (Wildman–Crippen MR) is 80.7 cm³/mol. The Bertz CT molecular complexity index is 710. The fourth-order valence-electron chi connectivity index (χ4n) is 2.00. The Morgan fingerprint density at radius 3 is 2.50 bits per heavy atom. The minimum atomic E-state index is -5.91. The van der Waals surface area contributed by atoms with Crippen LogP contribution in [0.15, 0.2) is 30.9 Å². The molecule has 134 valence electrons. The van der Waals surface area contributed by atoms with Gasteiger partial charge in [0, 0.05) is 11.5 Å². The van der Waals surface area contributed by atoms with Crippen molar-refractivity contribution in [3.63, 3.8) is 0 Å². The highest BCUT2D eigenvalue weighted by atomic mass is 32.2. The predicted octanol–water partition coefficient (Wildman–Crippen LogP) is 3.79. The summed E-state index contributed by atoms with van der Waals surface area (Å²) in [6, 6.07) is 4.28. The molecule has 0 saturated heterocycles. The molecule has 0 spiro atoms. The van der Waals surface area contributed by atoms with E-state index in [1.54, 1.807) is 13.0 Å². The minimum Gasteiger partial charge on any atom is -0.320 e. The number of Topliss-reactive ketones (excluding diaryl/α,β-unsaturated/α-hetero) is 1. The summed E-state index contributed by atoms with van der Waals surface area (Å²) >= 11 is 0. The van der Waals surface area contributed by atoms with Crippen LogP contribution in [-0.4, -0.2) is 19.7 Å². The number of ketones is 1. The number of carbonyl (C=O) groups excluding carboxylic acids is 1. The van der Waals surface area contributed by atoms with Gasteiger partial charge in [0.25, 0.3) is 0 Å². The minimum absolute atomic E-state index is 0.244. The van der Waals surface area contributed by atoms with Crippen LogP contribution in [0.2, 0.25) is 0 Å². The van der Waals surface area contributed by atoms with Gasteiger partial charge >= 0.3 is 15.6 Å². The number of hydrogen-bond acceptors (Lipinski definition) is 5. The van der Waals surface area contributed by atoms with Crippen molar-refractivity contribution in [2.45, 2.75) is 38.1 Å². The Labute approximate surface area is 138 Å². The van der Waals surface area contributed by atoms with Crippen molar-refractivity contribution in [3.8, 4) is 5.75 Å². The number of alkyl halides is 3. The van der Waals surface area contributed by atoms with Gasteiger partial charge in [-0.2, -0.15) is 21.6 Å². The van der Waals surface area contributed by atoms with E-state index < -0.39 is 21.5 Å². The van der Waals surface area contributed by atoms with Gasteiger partial charge in [-0.3, -0.25) is 4.79 Å². The number of hydrogen-bond donors (Lipinski definition) is 0. The first kappa shape index (κ1) is 20.2. The van der Waals surface area contributed by atoms with Crippen molar-refractivity contribution < 1.29 is 35.6 Å². The summed E-state index contributed by atoms with van der Waals surface area (Å²) in [6.45, 7) is 6.59. The molecule has 1 aromatic rings. The first-order chi connectivity index (χ1) is 11.0. The summed E-state index contributed by atoms with van der Waals surface area (Å²) in [4.78, 5) is 16.3. The van der Waals surface area contributed by atoms with Gasteiger partial charge < -0.3 is 4.89 Å². The average Bonchev–Trinajstić information content (AvgIpc) is 2.45. The number of rotatable bonds is 8. The molecule has 1 atom stereocenters. The van der Waals surface area contributed by atoms with E-state index in [2.05, 4.69) is 15.8 Å². The van der Waals surface area contributed by atoms with E-state index in [9.17, 15) is 26.4 Å². The van der Waals surface area contributed by atoms with Gasteiger partial charge in [0.05, 0.1) is 0 Å². The number of halogens is 3. The third-order valence-corrected chi connectivity index (χ3v) is 4.00. The zero-order chi connectivity index (χ0) is 18.5. The first-order valence-electron chi connectivity index (χ1n) is 6.89. The summed E-state index contributed by atoms with van der Waals surface area (Å²) in [7, 11) is -5.91. The molecule has 0 aliphatic carbocycles. The van der Waals surface area contributed by atoms with Gasteiger partial charge in [-0.15, -0.1) is 6.58 Å². The molecule has 1 rings (SSSR count). The molecule has 9 heteroatoms. The zero-order valence-corrected chi connectivity index (χ0v) is 13.9. The molecule has 0 bridgehead atoms. The van der Waals surface area contributed by atoms with Crippen LogP contribution in [0.5, 0.6) is 5.75 Å². The van der Waals surface area contributed by atoms with Crippen LogP contribution in [0, 0.1) is 6.92 Å². The molecule has 0 aromatic heterocycles. The van der Waals surface area contributed by atoms with Crippen LogP contribution in [0.1, 0.15) is 36.8 Å². The Hall–Kier alpha value is -1.87. The number of aryl methyl sites for hydroxylation is 1. The standard InChI is InChI=1S/C15H17F3O5S/c1-4-5-6-12(11(3)19)13-9-10(2)7-8-14(13)22-23-24(20,21)15(16,17)18/h4,7-9,12H,1,5-6H2,2-3H3. The molecule has 0 aliphatic rings. The van der Waals surface area contributed by atoms with Crippen molar-refractivity contribution in [1.29, 1.82) is 0 Å². The monoisotopic (exact) mass is 366 g/mol. The molecule has 5 nitrogen and oxygen atoms in total. The van der Waals surface area contributed by atoms with Gasteiger partial charge in [0.2, 0.25) is 0 Å². The third kappa shape index (κ3) is 5.07. The molecule has 0 saturated carbocycles. The lowest BCUT2D eigenvalue weighted by Gasteiger charge is -2.18. The van der Waals surface area contributed by atoms with Crippen molar-refractivity contribution in [2.24, 2.45) is 0 Å². The Morgan fingerprint density at radius 2 is 2.00 bits per heavy atom. The Kier molecular flexibility index (Phi) is 6.56. The van der Waals surface area contributed by atoms with Crippen molar-refractivity contribution in [3.05, 3.63) is 42.0 Å². The first-order valence-corrected chi connectivity index (χ1v) is 8.29. The van der Waals surface area contributed by atoms with Gasteiger partial charge in [0.1, 0.15) is 5.78 Å². The number of carbonyl (C=O) groups is 1. The zero-order valence-electron chi connectivity index (χ0n) is 13.1. The number of allylic oxidation sites excluding steroid dienone is 1. The van der Waals surface area contributed by atoms with Crippen molar-refractivity contribution >= 4 is 15.9 Å². The lowest BCUT2D eigenvalue weighted by molar-refractivity contribution is -0.130. The van der Waals surface area contributed by atoms with E-state index in [0.29, 0.717) is 12.8 Å². The maximum absolute atomic E-state index is 12.3. The molecule has 0 amide bonds. The highest BCUT2D eigenvalue weighted by Crippen LogP contribution is 2.33. The van der Waals surface area contributed by atoms with Crippen LogP contribution in [0.25, 0.3) is 0 Å². The molecule has 0 heterocycles. The van der Waals surface area contributed by atoms with Crippen LogP contribution in [-0.2, 0) is 19.2 Å². The smallest absolute Gasteiger partial charge is 0.320 e. The van der Waals surface area contributed by atoms with E-state index in [4.69, 9.17) is 0 Å². The molecule has 0 N–H and O–H groups in total. The van der Waals surface area contributed by atoms with E-state index in [-0.39, 0.29) is 17.1 Å². The molecule has 0 radical (unpaired) electrons. The van der Waals surface area contributed by atoms with Gasteiger partial charge in [-0.1, -0.05) is 23.8 Å². The second-order valence-electron chi connectivity index (χ2n) is 5.12. The second kappa shape index (κ2) is 7.80. The Balaban J connectivity index is 3.16. The van der Waals surface area contributed by atoms with E-state index in [1.807, 2.05) is 0 Å². The SMILES string of the molecule is C=CCCC(C(C)=O)c1cc(C)ccc1OOS(=O)(=O)C(F)(F)F. The molecule has 1 unspecified atom stereocenters. The van der Waals surface area contributed by atoms with Gasteiger partial charge in [-0.05, 0) is 37.1 Å². The summed E-state index contributed by atoms with van der Waals surface area (Å²) in [5.74, 6) is -1.20. The average molecular weight is 366 g/mol. The molecule has 0 fully saturated rings. The van der Waals surface area contributed by atoms with Crippen LogP contribution < -0.4 is 4.89 Å². The fraction of sp³-hybridized carbons (Fsp3) is 0.400. The van der Waals surface area contributed by atoms with Crippen LogP contribution in [0.3, 0.4) is 0 Å². The summed E-state index contributed by atoms with van der Waals surface area (Å²) in [5, 5.41) is 0. The number of benzene rings is 1. The van der Waals surface area contributed by atoms with Gasteiger partial charge in [-0.25, -0.2) is 0 Å². The van der Waals surface area contributed by atoms with E-state index in [0.717, 1.165) is 5.56 Å². The quantitative estimate of drug-likeness (QED) is 0.303. The largest absolute Gasteiger partial charge is 0.526 e.